The number of sulfonamides is 1. The first-order chi connectivity index (χ1) is 16.2. The van der Waals surface area contributed by atoms with Gasteiger partial charge in [-0.1, -0.05) is 25.8 Å². The van der Waals surface area contributed by atoms with Gasteiger partial charge in [-0.2, -0.15) is 0 Å². The fourth-order valence-corrected chi connectivity index (χ4v) is 4.73. The van der Waals surface area contributed by atoms with E-state index in [4.69, 9.17) is 19.3 Å². The van der Waals surface area contributed by atoms with E-state index in [1.54, 1.807) is 25.3 Å². The van der Waals surface area contributed by atoms with Crippen molar-refractivity contribution in [2.24, 2.45) is 0 Å². The molecule has 34 heavy (non-hydrogen) atoms. The first-order valence-corrected chi connectivity index (χ1v) is 13.3. The topological polar surface area (TPSA) is 131 Å². The number of carboxylic acid groups (broad SMARTS) is 1. The molecule has 192 valence electrons. The predicted octanol–water partition coefficient (Wildman–Crippen LogP) is 2.80. The Morgan fingerprint density at radius 3 is 2.56 bits per heavy atom. The summed E-state index contributed by atoms with van der Waals surface area (Å²) in [6, 6.07) is 5.31. The lowest BCUT2D eigenvalue weighted by molar-refractivity contribution is -0.119. The molecule has 10 nitrogen and oxygen atoms in total. The van der Waals surface area contributed by atoms with Gasteiger partial charge in [0.1, 0.15) is 24.2 Å². The summed E-state index contributed by atoms with van der Waals surface area (Å²) in [4.78, 5) is 24.8. The van der Waals surface area contributed by atoms with Gasteiger partial charge in [0.25, 0.3) is 0 Å². The first kappa shape index (κ1) is 27.7. The Balaban J connectivity index is 2.02. The minimum atomic E-state index is -3.64. The van der Waals surface area contributed by atoms with Crippen molar-refractivity contribution >= 4 is 22.0 Å². The lowest BCUT2D eigenvalue weighted by Gasteiger charge is -2.30. The van der Waals surface area contributed by atoms with Crippen LogP contribution in [-0.4, -0.2) is 75.7 Å². The third-order valence-corrected chi connectivity index (χ3v) is 6.87. The summed E-state index contributed by atoms with van der Waals surface area (Å²) < 4.78 is 43.1. The monoisotopic (exact) mass is 500 g/mol. The second kappa shape index (κ2) is 14.0. The number of rotatable bonds is 14. The van der Waals surface area contributed by atoms with Crippen molar-refractivity contribution in [1.29, 1.82) is 0 Å². The summed E-state index contributed by atoms with van der Waals surface area (Å²) in [5.41, 5.74) is 0.748. The number of unbranched alkanes of at least 4 members (excludes halogenated alkanes) is 2. The average molecular weight is 501 g/mol. The number of piperidine rings is 1. The highest BCUT2D eigenvalue weighted by Gasteiger charge is 2.24. The van der Waals surface area contributed by atoms with Crippen molar-refractivity contribution in [2.75, 3.05) is 39.2 Å². The molecule has 1 saturated heterocycles. The largest absolute Gasteiger partial charge is 0.491 e. The van der Waals surface area contributed by atoms with Gasteiger partial charge in [0.2, 0.25) is 15.9 Å². The second-order valence-electron chi connectivity index (χ2n) is 8.25. The van der Waals surface area contributed by atoms with E-state index in [9.17, 15) is 18.0 Å². The van der Waals surface area contributed by atoms with Crippen LogP contribution in [0.1, 0.15) is 51.0 Å². The summed E-state index contributed by atoms with van der Waals surface area (Å²) in [5.74, 6) is 0.505. The molecule has 0 radical (unpaired) electrons. The van der Waals surface area contributed by atoms with Crippen LogP contribution in [0.15, 0.2) is 18.2 Å². The highest BCUT2D eigenvalue weighted by atomic mass is 32.2. The van der Waals surface area contributed by atoms with Crippen LogP contribution in [-0.2, 0) is 26.0 Å². The standard InChI is InChI=1S/C23H36N2O8S/c1-3-4-5-16-34(29,30)24-22(26)9-7-18-6-8-20(32-15-14-31-2)17-21(18)33-19-10-12-25(13-11-19)23(27)28/h6,8,17,19H,3-5,7,9-16H2,1-2H3,(H,24,26)(H,27,28). The number of methoxy groups -OCH3 is 1. The van der Waals surface area contributed by atoms with Crippen LogP contribution in [0.3, 0.4) is 0 Å². The fraction of sp³-hybridized carbons (Fsp3) is 0.652. The minimum Gasteiger partial charge on any atom is -0.491 e. The van der Waals surface area contributed by atoms with Gasteiger partial charge >= 0.3 is 6.09 Å². The van der Waals surface area contributed by atoms with Crippen molar-refractivity contribution in [3.05, 3.63) is 23.8 Å². The van der Waals surface area contributed by atoms with Gasteiger partial charge in [0.05, 0.1) is 12.4 Å². The van der Waals surface area contributed by atoms with Gasteiger partial charge in [-0.3, -0.25) is 9.52 Å². The van der Waals surface area contributed by atoms with E-state index in [2.05, 4.69) is 4.72 Å². The number of aryl methyl sites for hydroxylation is 1. The highest BCUT2D eigenvalue weighted by molar-refractivity contribution is 7.90. The molecule has 11 heteroatoms. The number of benzene rings is 1. The summed E-state index contributed by atoms with van der Waals surface area (Å²) in [6.45, 7) is 3.55. The third-order valence-electron chi connectivity index (χ3n) is 5.51. The SMILES string of the molecule is CCCCCS(=O)(=O)NC(=O)CCc1ccc(OCCOC)cc1OC1CCN(C(=O)O)CC1. The summed E-state index contributed by atoms with van der Waals surface area (Å²) in [5, 5.41) is 9.14. The van der Waals surface area contributed by atoms with E-state index >= 15 is 0 Å². The zero-order chi connectivity index (χ0) is 25.0. The highest BCUT2D eigenvalue weighted by Crippen LogP contribution is 2.29. The Morgan fingerprint density at radius 2 is 1.91 bits per heavy atom. The van der Waals surface area contributed by atoms with E-state index in [1.807, 2.05) is 6.92 Å². The van der Waals surface area contributed by atoms with Gasteiger partial charge in [-0.05, 0) is 24.5 Å². The van der Waals surface area contributed by atoms with Crippen LogP contribution in [0.5, 0.6) is 11.5 Å². The number of hydrogen-bond acceptors (Lipinski definition) is 7. The fourth-order valence-electron chi connectivity index (χ4n) is 3.59. The van der Waals surface area contributed by atoms with Crippen LogP contribution in [0.4, 0.5) is 4.79 Å². The normalized spacial score (nSPS) is 14.6. The number of likely N-dealkylation sites (tertiary alicyclic amines) is 1. The predicted molar refractivity (Wildman–Crippen MR) is 127 cm³/mol. The summed E-state index contributed by atoms with van der Waals surface area (Å²) >= 11 is 0. The summed E-state index contributed by atoms with van der Waals surface area (Å²) in [7, 11) is -2.05. The molecule has 0 unspecified atom stereocenters. The van der Waals surface area contributed by atoms with Gasteiger partial charge in [-0.15, -0.1) is 0 Å². The zero-order valence-corrected chi connectivity index (χ0v) is 20.8. The maximum absolute atomic E-state index is 12.3. The van der Waals surface area contributed by atoms with E-state index in [-0.39, 0.29) is 24.7 Å². The molecule has 0 spiro atoms. The molecule has 0 bridgehead atoms. The van der Waals surface area contributed by atoms with Gasteiger partial charge in [0, 0.05) is 45.5 Å². The van der Waals surface area contributed by atoms with Crippen molar-refractivity contribution in [3.8, 4) is 11.5 Å². The number of nitrogens with zero attached hydrogens (tertiary/aromatic N) is 1. The molecule has 1 aliphatic heterocycles. The lowest BCUT2D eigenvalue weighted by atomic mass is 10.1. The Morgan fingerprint density at radius 1 is 1.18 bits per heavy atom. The zero-order valence-electron chi connectivity index (χ0n) is 20.0. The molecule has 1 aromatic rings. The van der Waals surface area contributed by atoms with E-state index < -0.39 is 22.0 Å². The van der Waals surface area contributed by atoms with Crippen LogP contribution >= 0.6 is 0 Å². The summed E-state index contributed by atoms with van der Waals surface area (Å²) in [6.07, 6.45) is 2.48. The number of ether oxygens (including phenoxy) is 3. The lowest BCUT2D eigenvalue weighted by Crippen LogP contribution is -2.41. The molecule has 0 atom stereocenters. The molecule has 1 fully saturated rings. The molecule has 0 aromatic heterocycles. The Labute approximate surface area is 201 Å². The van der Waals surface area contributed by atoms with E-state index in [0.717, 1.165) is 18.4 Å². The van der Waals surface area contributed by atoms with Crippen LogP contribution in [0, 0.1) is 0 Å². The number of nitrogens with one attached hydrogen (secondary N) is 1. The van der Waals surface area contributed by atoms with Crippen LogP contribution in [0.2, 0.25) is 0 Å². The molecule has 1 aromatic carbocycles. The van der Waals surface area contributed by atoms with Crippen LogP contribution in [0.25, 0.3) is 0 Å². The van der Waals surface area contributed by atoms with Crippen molar-refractivity contribution in [2.45, 2.75) is 58.0 Å². The van der Waals surface area contributed by atoms with E-state index in [1.165, 1.54) is 4.90 Å². The maximum atomic E-state index is 12.3. The Kier molecular flexibility index (Phi) is 11.4. The van der Waals surface area contributed by atoms with Crippen molar-refractivity contribution in [3.63, 3.8) is 0 Å². The molecule has 2 amide bonds. The van der Waals surface area contributed by atoms with Gasteiger partial charge < -0.3 is 24.2 Å². The number of hydrogen-bond donors (Lipinski definition) is 2. The molecule has 0 saturated carbocycles. The third kappa shape index (κ3) is 9.76. The smallest absolute Gasteiger partial charge is 0.407 e. The van der Waals surface area contributed by atoms with Crippen LogP contribution < -0.4 is 14.2 Å². The van der Waals surface area contributed by atoms with Gasteiger partial charge in [-0.25, -0.2) is 13.2 Å². The quantitative estimate of drug-likeness (QED) is 0.373. The maximum Gasteiger partial charge on any atom is 0.407 e. The van der Waals surface area contributed by atoms with Gasteiger partial charge in [0.15, 0.2) is 0 Å². The van der Waals surface area contributed by atoms with Crippen molar-refractivity contribution < 1.29 is 37.3 Å². The molecule has 2 N–H and O–H groups in total. The number of carbonyl (C=O) groups excluding carboxylic acids is 1. The minimum absolute atomic E-state index is 0.00922. The second-order valence-corrected chi connectivity index (χ2v) is 10.1. The molecule has 1 heterocycles. The molecular formula is C23H36N2O8S. The molecule has 0 aliphatic carbocycles. The Bertz CT molecular complexity index is 898. The average Bonchev–Trinajstić information content (AvgIpc) is 2.79. The molecule has 1 aliphatic rings. The molecule has 2 rings (SSSR count). The van der Waals surface area contributed by atoms with Crippen molar-refractivity contribution in [1.82, 2.24) is 9.62 Å². The van der Waals surface area contributed by atoms with E-state index in [0.29, 0.717) is 57.1 Å². The molecular weight excluding hydrogens is 464 g/mol. The number of carbonyl (C=O) groups is 2. The Hall–Kier alpha value is -2.53. The number of amides is 2. The first-order valence-electron chi connectivity index (χ1n) is 11.7.